The van der Waals surface area contributed by atoms with E-state index in [4.69, 9.17) is 23.8 Å². The van der Waals surface area contributed by atoms with Crippen LogP contribution in [0.25, 0.3) is 0 Å². The lowest BCUT2D eigenvalue weighted by atomic mass is 10.3. The highest BCUT2D eigenvalue weighted by Crippen LogP contribution is 2.34. The van der Waals surface area contributed by atoms with Gasteiger partial charge in [-0.05, 0) is 78.9 Å². The SMILES string of the molecule is O=S(=O)(Nc1ncccn1)c1ccc(NC(=S)Nc2ccccc2Sc2ccc(Cl)cc2)cc1. The maximum absolute atomic E-state index is 12.5. The van der Waals surface area contributed by atoms with Crippen LogP contribution >= 0.6 is 35.6 Å². The third-order valence-electron chi connectivity index (χ3n) is 4.39. The number of sulfonamides is 1. The number of nitrogens with zero attached hydrogens (tertiary/aromatic N) is 2. The first-order chi connectivity index (χ1) is 16.4. The molecule has 1 heterocycles. The van der Waals surface area contributed by atoms with Gasteiger partial charge in [-0.2, -0.15) is 0 Å². The van der Waals surface area contributed by atoms with Crippen molar-refractivity contribution in [3.8, 4) is 0 Å². The summed E-state index contributed by atoms with van der Waals surface area (Å²) in [5.41, 5.74) is 1.47. The third kappa shape index (κ3) is 6.45. The Balaban J connectivity index is 1.40. The van der Waals surface area contributed by atoms with E-state index in [0.717, 1.165) is 15.5 Å². The summed E-state index contributed by atoms with van der Waals surface area (Å²) in [6.45, 7) is 0. The third-order valence-corrected chi connectivity index (χ3v) is 7.27. The summed E-state index contributed by atoms with van der Waals surface area (Å²) in [4.78, 5) is 9.87. The van der Waals surface area contributed by atoms with E-state index in [2.05, 4.69) is 25.3 Å². The van der Waals surface area contributed by atoms with Gasteiger partial charge in [-0.15, -0.1) is 0 Å². The highest BCUT2D eigenvalue weighted by atomic mass is 35.5. The molecule has 0 aliphatic rings. The van der Waals surface area contributed by atoms with Crippen molar-refractivity contribution in [2.24, 2.45) is 0 Å². The second-order valence-corrected chi connectivity index (χ2v) is 10.5. The molecular formula is C23H18ClN5O2S3. The first-order valence-electron chi connectivity index (χ1n) is 9.89. The summed E-state index contributed by atoms with van der Waals surface area (Å²) in [6.07, 6.45) is 2.91. The van der Waals surface area contributed by atoms with Gasteiger partial charge in [0.15, 0.2) is 5.11 Å². The predicted octanol–water partition coefficient (Wildman–Crippen LogP) is 5.89. The number of hydrogen-bond donors (Lipinski definition) is 3. The van der Waals surface area contributed by atoms with Crippen LogP contribution in [0.5, 0.6) is 0 Å². The molecule has 0 bridgehead atoms. The highest BCUT2D eigenvalue weighted by molar-refractivity contribution is 7.99. The molecule has 0 saturated carbocycles. The summed E-state index contributed by atoms with van der Waals surface area (Å²) in [6, 6.07) is 23.2. The van der Waals surface area contributed by atoms with Gasteiger partial charge in [-0.1, -0.05) is 35.5 Å². The zero-order valence-electron chi connectivity index (χ0n) is 17.5. The molecule has 0 aliphatic carbocycles. The van der Waals surface area contributed by atoms with Gasteiger partial charge >= 0.3 is 0 Å². The van der Waals surface area contributed by atoms with Gasteiger partial charge in [0.25, 0.3) is 10.0 Å². The average Bonchev–Trinajstić information content (AvgIpc) is 2.82. The molecule has 7 nitrogen and oxygen atoms in total. The lowest BCUT2D eigenvalue weighted by molar-refractivity contribution is 0.601. The van der Waals surface area contributed by atoms with E-state index in [1.54, 1.807) is 30.0 Å². The monoisotopic (exact) mass is 527 g/mol. The van der Waals surface area contributed by atoms with Crippen LogP contribution in [0.4, 0.5) is 17.3 Å². The summed E-state index contributed by atoms with van der Waals surface area (Å²) >= 11 is 13.0. The van der Waals surface area contributed by atoms with E-state index < -0.39 is 10.0 Å². The lowest BCUT2D eigenvalue weighted by Crippen LogP contribution is -2.19. The Morgan fingerprint density at radius 2 is 1.53 bits per heavy atom. The molecule has 0 fully saturated rings. The Kier molecular flexibility index (Phi) is 7.63. The van der Waals surface area contributed by atoms with Gasteiger partial charge in [0, 0.05) is 32.9 Å². The summed E-state index contributed by atoms with van der Waals surface area (Å²) in [5.74, 6) is 0.00483. The molecule has 4 rings (SSSR count). The Morgan fingerprint density at radius 3 is 2.24 bits per heavy atom. The quantitative estimate of drug-likeness (QED) is 0.256. The van der Waals surface area contributed by atoms with Crippen molar-refractivity contribution in [3.63, 3.8) is 0 Å². The largest absolute Gasteiger partial charge is 0.332 e. The summed E-state index contributed by atoms with van der Waals surface area (Å²) < 4.78 is 27.4. The fraction of sp³-hybridized carbons (Fsp3) is 0. The molecule has 4 aromatic rings. The van der Waals surface area contributed by atoms with E-state index in [1.165, 1.54) is 24.5 Å². The van der Waals surface area contributed by atoms with E-state index in [9.17, 15) is 8.42 Å². The number of thiocarbonyl (C=S) groups is 1. The minimum absolute atomic E-state index is 0.00483. The first kappa shape index (κ1) is 24.0. The lowest BCUT2D eigenvalue weighted by Gasteiger charge is -2.14. The van der Waals surface area contributed by atoms with Gasteiger partial charge in [0.05, 0.1) is 10.6 Å². The number of halogens is 1. The minimum atomic E-state index is -3.81. The number of anilines is 3. The van der Waals surface area contributed by atoms with Gasteiger partial charge in [0.2, 0.25) is 5.95 Å². The maximum Gasteiger partial charge on any atom is 0.264 e. The minimum Gasteiger partial charge on any atom is -0.332 e. The van der Waals surface area contributed by atoms with Crippen LogP contribution in [0.3, 0.4) is 0 Å². The highest BCUT2D eigenvalue weighted by Gasteiger charge is 2.15. The van der Waals surface area contributed by atoms with Crippen molar-refractivity contribution < 1.29 is 8.42 Å². The number of rotatable bonds is 7. The number of hydrogen-bond acceptors (Lipinski definition) is 6. The molecule has 0 unspecified atom stereocenters. The van der Waals surface area contributed by atoms with Crippen LogP contribution in [0, 0.1) is 0 Å². The van der Waals surface area contributed by atoms with E-state index in [1.807, 2.05) is 48.5 Å². The number of para-hydroxylation sites is 1. The summed E-state index contributed by atoms with van der Waals surface area (Å²) in [7, 11) is -3.81. The van der Waals surface area contributed by atoms with Crippen molar-refractivity contribution in [1.29, 1.82) is 0 Å². The smallest absolute Gasteiger partial charge is 0.264 e. The number of aromatic nitrogens is 2. The zero-order valence-corrected chi connectivity index (χ0v) is 20.7. The van der Waals surface area contributed by atoms with Crippen LogP contribution in [-0.4, -0.2) is 23.5 Å². The van der Waals surface area contributed by atoms with Crippen molar-refractivity contribution in [2.45, 2.75) is 14.7 Å². The van der Waals surface area contributed by atoms with Crippen LogP contribution < -0.4 is 15.4 Å². The second-order valence-electron chi connectivity index (χ2n) is 6.83. The maximum atomic E-state index is 12.5. The van der Waals surface area contributed by atoms with Crippen LogP contribution in [0.1, 0.15) is 0 Å². The Labute approximate surface area is 212 Å². The van der Waals surface area contributed by atoms with Crippen molar-refractivity contribution >= 4 is 68.0 Å². The Hall–Kier alpha value is -3.18. The van der Waals surface area contributed by atoms with Gasteiger partial charge in [-0.3, -0.25) is 0 Å². The van der Waals surface area contributed by atoms with Gasteiger partial charge < -0.3 is 10.6 Å². The Bertz CT molecular complexity index is 1380. The van der Waals surface area contributed by atoms with Crippen molar-refractivity contribution in [3.05, 3.63) is 96.3 Å². The predicted molar refractivity (Wildman–Crippen MR) is 141 cm³/mol. The molecule has 11 heteroatoms. The molecule has 0 amide bonds. The van der Waals surface area contributed by atoms with E-state index >= 15 is 0 Å². The van der Waals surface area contributed by atoms with Gasteiger partial charge in [-0.25, -0.2) is 23.1 Å². The van der Waals surface area contributed by atoms with Crippen LogP contribution in [0.15, 0.2) is 106 Å². The van der Waals surface area contributed by atoms with Crippen LogP contribution in [0.2, 0.25) is 5.02 Å². The van der Waals surface area contributed by atoms with E-state index in [0.29, 0.717) is 15.8 Å². The molecular weight excluding hydrogens is 510 g/mol. The van der Waals surface area contributed by atoms with Crippen LogP contribution in [-0.2, 0) is 10.0 Å². The molecule has 1 aromatic heterocycles. The molecule has 172 valence electrons. The normalized spacial score (nSPS) is 11.0. The Morgan fingerprint density at radius 1 is 0.853 bits per heavy atom. The first-order valence-corrected chi connectivity index (χ1v) is 13.0. The zero-order chi connectivity index (χ0) is 24.0. The van der Waals surface area contributed by atoms with Gasteiger partial charge in [0.1, 0.15) is 0 Å². The fourth-order valence-corrected chi connectivity index (χ4v) is 5.04. The topological polar surface area (TPSA) is 96.0 Å². The van der Waals surface area contributed by atoms with E-state index in [-0.39, 0.29) is 10.8 Å². The second kappa shape index (κ2) is 10.8. The van der Waals surface area contributed by atoms with Crippen molar-refractivity contribution in [2.75, 3.05) is 15.4 Å². The number of nitrogens with one attached hydrogen (secondary N) is 3. The molecule has 0 aliphatic heterocycles. The molecule has 0 saturated heterocycles. The molecule has 3 aromatic carbocycles. The standard InChI is InChI=1S/C23H18ClN5O2S3/c24-16-6-10-18(11-7-16)33-21-5-2-1-4-20(21)28-23(32)27-17-8-12-19(13-9-17)34(30,31)29-22-25-14-3-15-26-22/h1-15H,(H,25,26,29)(H2,27,28,32). The molecule has 3 N–H and O–H groups in total. The molecule has 0 radical (unpaired) electrons. The average molecular weight is 528 g/mol. The number of benzene rings is 3. The fourth-order valence-electron chi connectivity index (χ4n) is 2.82. The molecule has 0 atom stereocenters. The summed E-state index contributed by atoms with van der Waals surface area (Å²) in [5, 5.41) is 7.32. The van der Waals surface area contributed by atoms with Crippen molar-refractivity contribution in [1.82, 2.24) is 9.97 Å². The molecule has 34 heavy (non-hydrogen) atoms. The molecule has 0 spiro atoms.